The lowest BCUT2D eigenvalue weighted by atomic mass is 9.73. The van der Waals surface area contributed by atoms with Crippen molar-refractivity contribution in [2.75, 3.05) is 7.11 Å². The van der Waals surface area contributed by atoms with Gasteiger partial charge in [-0.1, -0.05) is 29.8 Å². The van der Waals surface area contributed by atoms with Crippen molar-refractivity contribution in [1.82, 2.24) is 0 Å². The van der Waals surface area contributed by atoms with Crippen LogP contribution in [0.5, 0.6) is 0 Å². The highest BCUT2D eigenvalue weighted by Gasteiger charge is 2.44. The zero-order chi connectivity index (χ0) is 10.9. The summed E-state index contributed by atoms with van der Waals surface area (Å²) >= 11 is 0. The Labute approximate surface area is 90.9 Å². The van der Waals surface area contributed by atoms with E-state index in [2.05, 4.69) is 0 Å². The van der Waals surface area contributed by atoms with Gasteiger partial charge in [0.25, 0.3) is 0 Å². The van der Waals surface area contributed by atoms with Crippen molar-refractivity contribution < 1.29 is 9.84 Å². The minimum atomic E-state index is -0.490. The first-order valence-corrected chi connectivity index (χ1v) is 5.48. The van der Waals surface area contributed by atoms with Gasteiger partial charge in [0.2, 0.25) is 0 Å². The van der Waals surface area contributed by atoms with Crippen LogP contribution in [0.2, 0.25) is 0 Å². The number of aliphatic hydroxyl groups is 1. The average molecular weight is 206 g/mol. The molecule has 2 nitrogen and oxygen atoms in total. The first-order valence-electron chi connectivity index (χ1n) is 5.48. The first-order chi connectivity index (χ1) is 7.18. The van der Waals surface area contributed by atoms with Gasteiger partial charge in [-0.2, -0.15) is 0 Å². The molecule has 1 N–H and O–H groups in total. The lowest BCUT2D eigenvalue weighted by Gasteiger charge is -2.44. The highest BCUT2D eigenvalue weighted by atomic mass is 16.5. The topological polar surface area (TPSA) is 29.5 Å². The molecule has 1 aromatic rings. The molecule has 2 heteroatoms. The third-order valence-electron chi connectivity index (χ3n) is 3.46. The largest absolute Gasteiger partial charge is 0.385 e. The Balaban J connectivity index is 2.23. The molecule has 15 heavy (non-hydrogen) atoms. The molecular formula is C13H18O2. The van der Waals surface area contributed by atoms with Crippen LogP contribution in [-0.2, 0) is 4.74 Å². The van der Waals surface area contributed by atoms with Crippen molar-refractivity contribution in [3.8, 4) is 0 Å². The third kappa shape index (κ3) is 1.80. The highest BCUT2D eigenvalue weighted by molar-refractivity contribution is 5.26. The predicted octanol–water partition coefficient (Wildman–Crippen LogP) is 2.60. The molecule has 1 aromatic carbocycles. The molecule has 2 rings (SSSR count). The van der Waals surface area contributed by atoms with E-state index >= 15 is 0 Å². The normalized spacial score (nSPS) is 20.7. The maximum absolute atomic E-state index is 10.3. The number of aryl methyl sites for hydroxylation is 1. The summed E-state index contributed by atoms with van der Waals surface area (Å²) in [6, 6.07) is 8.02. The number of ether oxygens (including phenoxy) is 1. The number of aliphatic hydroxyl groups excluding tert-OH is 1. The molecule has 0 radical (unpaired) electrons. The van der Waals surface area contributed by atoms with Crippen LogP contribution in [0.15, 0.2) is 24.3 Å². The van der Waals surface area contributed by atoms with E-state index in [1.54, 1.807) is 7.11 Å². The van der Waals surface area contributed by atoms with Crippen LogP contribution in [0, 0.1) is 6.92 Å². The molecule has 0 saturated heterocycles. The van der Waals surface area contributed by atoms with Crippen LogP contribution in [0.4, 0.5) is 0 Å². The van der Waals surface area contributed by atoms with Crippen LogP contribution < -0.4 is 0 Å². The molecule has 1 atom stereocenters. The Bertz CT molecular complexity index is 337. The minimum absolute atomic E-state index is 0.326. The maximum atomic E-state index is 10.3. The van der Waals surface area contributed by atoms with Crippen molar-refractivity contribution in [3.05, 3.63) is 35.4 Å². The van der Waals surface area contributed by atoms with Crippen molar-refractivity contribution in [1.29, 1.82) is 0 Å². The van der Waals surface area contributed by atoms with Gasteiger partial charge in [0, 0.05) is 7.11 Å². The van der Waals surface area contributed by atoms with Gasteiger partial charge < -0.3 is 9.84 Å². The Morgan fingerprint density at radius 3 is 2.60 bits per heavy atom. The van der Waals surface area contributed by atoms with Gasteiger partial charge in [0.05, 0.1) is 5.60 Å². The third-order valence-corrected chi connectivity index (χ3v) is 3.46. The highest BCUT2D eigenvalue weighted by Crippen LogP contribution is 2.44. The summed E-state index contributed by atoms with van der Waals surface area (Å²) in [5.41, 5.74) is 1.82. The fourth-order valence-electron chi connectivity index (χ4n) is 2.26. The van der Waals surface area contributed by atoms with E-state index in [9.17, 15) is 5.11 Å². The Kier molecular flexibility index (Phi) is 2.81. The summed E-state index contributed by atoms with van der Waals surface area (Å²) < 4.78 is 5.48. The van der Waals surface area contributed by atoms with Crippen LogP contribution in [0.1, 0.15) is 36.5 Å². The molecule has 0 amide bonds. The molecule has 82 valence electrons. The van der Waals surface area contributed by atoms with Gasteiger partial charge in [-0.3, -0.25) is 0 Å². The second-order valence-corrected chi connectivity index (χ2v) is 4.44. The number of rotatable bonds is 3. The van der Waals surface area contributed by atoms with Crippen molar-refractivity contribution in [2.45, 2.75) is 37.9 Å². The van der Waals surface area contributed by atoms with Crippen LogP contribution >= 0.6 is 0 Å². The van der Waals surface area contributed by atoms with E-state index in [0.717, 1.165) is 24.8 Å². The van der Waals surface area contributed by atoms with E-state index in [0.29, 0.717) is 0 Å². The van der Waals surface area contributed by atoms with Crippen molar-refractivity contribution in [2.24, 2.45) is 0 Å². The van der Waals surface area contributed by atoms with Gasteiger partial charge >= 0.3 is 0 Å². The summed E-state index contributed by atoms with van der Waals surface area (Å²) in [7, 11) is 1.69. The Morgan fingerprint density at radius 1 is 1.40 bits per heavy atom. The fourth-order valence-corrected chi connectivity index (χ4v) is 2.26. The number of benzene rings is 1. The van der Waals surface area contributed by atoms with Crippen LogP contribution in [-0.4, -0.2) is 17.8 Å². The molecule has 1 fully saturated rings. The van der Waals surface area contributed by atoms with Crippen LogP contribution in [0.3, 0.4) is 0 Å². The van der Waals surface area contributed by atoms with E-state index < -0.39 is 6.10 Å². The Hall–Kier alpha value is -0.860. The van der Waals surface area contributed by atoms with E-state index in [-0.39, 0.29) is 5.60 Å². The molecule has 1 saturated carbocycles. The zero-order valence-electron chi connectivity index (χ0n) is 9.36. The van der Waals surface area contributed by atoms with Gasteiger partial charge in [-0.25, -0.2) is 0 Å². The summed E-state index contributed by atoms with van der Waals surface area (Å²) in [5, 5.41) is 10.3. The predicted molar refractivity (Wildman–Crippen MR) is 59.7 cm³/mol. The van der Waals surface area contributed by atoms with Gasteiger partial charge in [-0.05, 0) is 31.7 Å². The smallest absolute Gasteiger partial charge is 0.108 e. The number of hydrogen-bond acceptors (Lipinski definition) is 2. The summed E-state index contributed by atoms with van der Waals surface area (Å²) in [6.45, 7) is 2.04. The average Bonchev–Trinajstić information content (AvgIpc) is 2.17. The molecule has 0 bridgehead atoms. The van der Waals surface area contributed by atoms with E-state index in [1.807, 2.05) is 31.2 Å². The summed E-state index contributed by atoms with van der Waals surface area (Å²) in [4.78, 5) is 0. The fraction of sp³-hybridized carbons (Fsp3) is 0.538. The van der Waals surface area contributed by atoms with Crippen molar-refractivity contribution in [3.63, 3.8) is 0 Å². The number of hydrogen-bond donors (Lipinski definition) is 1. The second-order valence-electron chi connectivity index (χ2n) is 4.44. The van der Waals surface area contributed by atoms with E-state index in [4.69, 9.17) is 4.74 Å². The number of methoxy groups -OCH3 is 1. The van der Waals surface area contributed by atoms with Gasteiger partial charge in [0.1, 0.15) is 6.10 Å². The van der Waals surface area contributed by atoms with Crippen molar-refractivity contribution >= 4 is 0 Å². The monoisotopic (exact) mass is 206 g/mol. The molecule has 0 aliphatic heterocycles. The lowest BCUT2D eigenvalue weighted by molar-refractivity contribution is -0.151. The zero-order valence-corrected chi connectivity index (χ0v) is 9.36. The van der Waals surface area contributed by atoms with Gasteiger partial charge in [-0.15, -0.1) is 0 Å². The maximum Gasteiger partial charge on any atom is 0.108 e. The molecule has 1 unspecified atom stereocenters. The summed E-state index contributed by atoms with van der Waals surface area (Å²) in [6.07, 6.45) is 2.57. The second kappa shape index (κ2) is 3.95. The Morgan fingerprint density at radius 2 is 2.13 bits per heavy atom. The molecule has 0 aromatic heterocycles. The standard InChI is InChI=1S/C13H18O2/c1-10-5-3-6-11(9-10)12(14)13(15-2)7-4-8-13/h3,5-6,9,12,14H,4,7-8H2,1-2H3. The van der Waals surface area contributed by atoms with Crippen LogP contribution in [0.25, 0.3) is 0 Å². The molecule has 0 spiro atoms. The van der Waals surface area contributed by atoms with Gasteiger partial charge in [0.15, 0.2) is 0 Å². The minimum Gasteiger partial charge on any atom is -0.385 e. The first kappa shape index (κ1) is 10.7. The lowest BCUT2D eigenvalue weighted by Crippen LogP contribution is -2.45. The molecule has 0 heterocycles. The molecule has 1 aliphatic rings. The molecular weight excluding hydrogens is 188 g/mol. The SMILES string of the molecule is COC1(C(O)c2cccc(C)c2)CCC1. The quantitative estimate of drug-likeness (QED) is 0.823. The van der Waals surface area contributed by atoms with E-state index in [1.165, 1.54) is 5.56 Å². The molecule has 1 aliphatic carbocycles. The summed E-state index contributed by atoms with van der Waals surface area (Å²) in [5.74, 6) is 0.